The van der Waals surface area contributed by atoms with E-state index >= 15 is 0 Å². The Balaban J connectivity index is 1.62. The average Bonchev–Trinajstić information content (AvgIpc) is 3.23. The van der Waals surface area contributed by atoms with Gasteiger partial charge in [0, 0.05) is 13.6 Å². The lowest BCUT2D eigenvalue weighted by atomic mass is 10.2. The molecule has 1 aromatic rings. The van der Waals surface area contributed by atoms with Gasteiger partial charge in [0.1, 0.15) is 18.5 Å². The molecule has 2 heterocycles. The summed E-state index contributed by atoms with van der Waals surface area (Å²) in [5, 5.41) is 7.99. The summed E-state index contributed by atoms with van der Waals surface area (Å²) in [6.07, 6.45) is 6.63. The minimum absolute atomic E-state index is 0.0786. The highest BCUT2D eigenvalue weighted by Crippen LogP contribution is 2.25. The first kappa shape index (κ1) is 16.4. The number of amides is 1. The van der Waals surface area contributed by atoms with Gasteiger partial charge in [-0.1, -0.05) is 19.8 Å². The molecule has 1 aliphatic heterocycles. The lowest BCUT2D eigenvalue weighted by molar-refractivity contribution is -0.155. The van der Waals surface area contributed by atoms with E-state index in [1.54, 1.807) is 6.33 Å². The zero-order valence-corrected chi connectivity index (χ0v) is 14.0. The fourth-order valence-corrected chi connectivity index (χ4v) is 3.38. The molecule has 0 radical (unpaired) electrons. The Morgan fingerprint density at radius 3 is 2.91 bits per heavy atom. The van der Waals surface area contributed by atoms with Gasteiger partial charge in [-0.15, -0.1) is 10.2 Å². The molecule has 1 saturated carbocycles. The average molecular weight is 322 g/mol. The summed E-state index contributed by atoms with van der Waals surface area (Å²) in [5.41, 5.74) is 0. The minimum atomic E-state index is -0.337. The molecule has 0 unspecified atom stereocenters. The van der Waals surface area contributed by atoms with E-state index < -0.39 is 0 Å². The lowest BCUT2D eigenvalue weighted by Gasteiger charge is -2.34. The quantitative estimate of drug-likeness (QED) is 0.821. The summed E-state index contributed by atoms with van der Waals surface area (Å²) < 4.78 is 13.7. The van der Waals surface area contributed by atoms with Crippen LogP contribution in [-0.4, -0.2) is 57.5 Å². The van der Waals surface area contributed by atoms with Gasteiger partial charge in [-0.2, -0.15) is 0 Å². The van der Waals surface area contributed by atoms with Crippen LogP contribution < -0.4 is 0 Å². The third-order valence-electron chi connectivity index (χ3n) is 4.72. The second-order valence-corrected chi connectivity index (χ2v) is 6.38. The fourth-order valence-electron chi connectivity index (χ4n) is 3.38. The number of morpholine rings is 1. The van der Waals surface area contributed by atoms with E-state index in [2.05, 4.69) is 10.2 Å². The second-order valence-electron chi connectivity index (χ2n) is 6.38. The van der Waals surface area contributed by atoms with Gasteiger partial charge in [-0.3, -0.25) is 4.79 Å². The molecule has 2 aliphatic rings. The van der Waals surface area contributed by atoms with Crippen molar-refractivity contribution >= 4 is 5.91 Å². The van der Waals surface area contributed by atoms with E-state index in [1.165, 1.54) is 12.8 Å². The van der Waals surface area contributed by atoms with Crippen LogP contribution in [0.3, 0.4) is 0 Å². The number of ether oxygens (including phenoxy) is 2. The molecule has 3 rings (SSSR count). The molecular formula is C16H26N4O3. The van der Waals surface area contributed by atoms with Crippen molar-refractivity contribution < 1.29 is 14.3 Å². The monoisotopic (exact) mass is 322 g/mol. The summed E-state index contributed by atoms with van der Waals surface area (Å²) in [6.45, 7) is 3.65. The third-order valence-corrected chi connectivity index (χ3v) is 4.72. The van der Waals surface area contributed by atoms with Crippen LogP contribution in [0.5, 0.6) is 0 Å². The van der Waals surface area contributed by atoms with Gasteiger partial charge in [0.05, 0.1) is 19.3 Å². The topological polar surface area (TPSA) is 69.5 Å². The molecule has 1 saturated heterocycles. The highest BCUT2D eigenvalue weighted by atomic mass is 16.5. The number of carbonyl (C=O) groups is 1. The van der Waals surface area contributed by atoms with Gasteiger partial charge in [0.15, 0.2) is 5.82 Å². The van der Waals surface area contributed by atoms with Crippen LogP contribution in [0.25, 0.3) is 0 Å². The first-order valence-corrected chi connectivity index (χ1v) is 8.58. The maximum absolute atomic E-state index is 12.8. The van der Waals surface area contributed by atoms with Gasteiger partial charge in [-0.25, -0.2) is 0 Å². The molecule has 2 atom stereocenters. The standard InChI is InChI=1S/C16H26N4O3/c1-3-13(23-12-6-4-5-7-12)16(21)20-8-9-22-14(10-20)15-18-17-11-19(15)2/h11-14H,3-10H2,1-2H3/t13-,14+/m1/s1. The summed E-state index contributed by atoms with van der Waals surface area (Å²) in [4.78, 5) is 14.7. The van der Waals surface area contributed by atoms with E-state index in [0.29, 0.717) is 26.1 Å². The van der Waals surface area contributed by atoms with Crippen LogP contribution in [-0.2, 0) is 21.3 Å². The maximum Gasteiger partial charge on any atom is 0.251 e. The zero-order valence-electron chi connectivity index (χ0n) is 14.0. The van der Waals surface area contributed by atoms with Crippen LogP contribution in [0, 0.1) is 0 Å². The van der Waals surface area contributed by atoms with Crippen molar-refractivity contribution in [2.75, 3.05) is 19.7 Å². The number of hydrogen-bond acceptors (Lipinski definition) is 5. The van der Waals surface area contributed by atoms with Crippen molar-refractivity contribution in [1.82, 2.24) is 19.7 Å². The predicted molar refractivity (Wildman–Crippen MR) is 83.7 cm³/mol. The van der Waals surface area contributed by atoms with Crippen molar-refractivity contribution in [1.29, 1.82) is 0 Å². The second kappa shape index (κ2) is 7.40. The predicted octanol–water partition coefficient (Wildman–Crippen LogP) is 1.45. The Labute approximate surface area is 137 Å². The number of carbonyl (C=O) groups excluding carboxylic acids is 1. The fraction of sp³-hybridized carbons (Fsp3) is 0.812. The minimum Gasteiger partial charge on any atom is -0.366 e. The third kappa shape index (κ3) is 3.72. The lowest BCUT2D eigenvalue weighted by Crippen LogP contribution is -2.48. The highest BCUT2D eigenvalue weighted by Gasteiger charge is 2.33. The van der Waals surface area contributed by atoms with Crippen molar-refractivity contribution in [3.63, 3.8) is 0 Å². The van der Waals surface area contributed by atoms with Crippen molar-refractivity contribution in [3.05, 3.63) is 12.2 Å². The SMILES string of the molecule is CC[C@@H](OC1CCCC1)C(=O)N1CCO[C@H](c2nncn2C)C1. The van der Waals surface area contributed by atoms with Crippen LogP contribution in [0.1, 0.15) is 51.0 Å². The van der Waals surface area contributed by atoms with Crippen molar-refractivity contribution in [3.8, 4) is 0 Å². The molecule has 0 aromatic carbocycles. The van der Waals surface area contributed by atoms with Crippen LogP contribution >= 0.6 is 0 Å². The molecule has 1 aliphatic carbocycles. The summed E-state index contributed by atoms with van der Waals surface area (Å²) in [5.74, 6) is 0.835. The van der Waals surface area contributed by atoms with E-state index in [0.717, 1.165) is 18.7 Å². The molecule has 1 aromatic heterocycles. The molecule has 23 heavy (non-hydrogen) atoms. The molecule has 0 N–H and O–H groups in total. The Bertz CT molecular complexity index is 527. The van der Waals surface area contributed by atoms with Gasteiger partial charge in [-0.05, 0) is 19.3 Å². The van der Waals surface area contributed by atoms with Gasteiger partial charge in [0.25, 0.3) is 5.91 Å². The largest absolute Gasteiger partial charge is 0.366 e. The van der Waals surface area contributed by atoms with Gasteiger partial charge < -0.3 is 18.9 Å². The van der Waals surface area contributed by atoms with Crippen molar-refractivity contribution in [2.24, 2.45) is 7.05 Å². The number of aryl methyl sites for hydroxylation is 1. The molecule has 128 valence electrons. The number of hydrogen-bond donors (Lipinski definition) is 0. The normalized spacial score (nSPS) is 24.1. The number of aromatic nitrogens is 3. The smallest absolute Gasteiger partial charge is 0.251 e. The Hall–Kier alpha value is -1.47. The van der Waals surface area contributed by atoms with Crippen LogP contribution in [0.2, 0.25) is 0 Å². The molecule has 0 spiro atoms. The summed E-state index contributed by atoms with van der Waals surface area (Å²) >= 11 is 0. The Kier molecular flexibility index (Phi) is 5.27. The van der Waals surface area contributed by atoms with Crippen LogP contribution in [0.15, 0.2) is 6.33 Å². The molecular weight excluding hydrogens is 296 g/mol. The molecule has 2 fully saturated rings. The Morgan fingerprint density at radius 1 is 1.48 bits per heavy atom. The van der Waals surface area contributed by atoms with E-state index in [1.807, 2.05) is 23.4 Å². The maximum atomic E-state index is 12.8. The van der Waals surface area contributed by atoms with E-state index in [-0.39, 0.29) is 24.2 Å². The van der Waals surface area contributed by atoms with Gasteiger partial charge in [0.2, 0.25) is 0 Å². The zero-order chi connectivity index (χ0) is 16.2. The number of rotatable bonds is 5. The highest BCUT2D eigenvalue weighted by molar-refractivity contribution is 5.81. The molecule has 1 amide bonds. The van der Waals surface area contributed by atoms with Crippen LogP contribution in [0.4, 0.5) is 0 Å². The Morgan fingerprint density at radius 2 is 2.26 bits per heavy atom. The molecule has 7 heteroatoms. The first-order chi connectivity index (χ1) is 11.2. The van der Waals surface area contributed by atoms with E-state index in [4.69, 9.17) is 9.47 Å². The summed E-state index contributed by atoms with van der Waals surface area (Å²) in [7, 11) is 1.89. The first-order valence-electron chi connectivity index (χ1n) is 8.58. The van der Waals surface area contributed by atoms with E-state index in [9.17, 15) is 4.79 Å². The molecule has 7 nitrogen and oxygen atoms in total. The number of nitrogens with zero attached hydrogens (tertiary/aromatic N) is 4. The van der Waals surface area contributed by atoms with Gasteiger partial charge >= 0.3 is 0 Å². The summed E-state index contributed by atoms with van der Waals surface area (Å²) in [6, 6.07) is 0. The molecule has 0 bridgehead atoms. The van der Waals surface area contributed by atoms with Crippen molar-refractivity contribution in [2.45, 2.75) is 57.3 Å².